The summed E-state index contributed by atoms with van der Waals surface area (Å²) < 4.78 is 5.73. The van der Waals surface area contributed by atoms with E-state index >= 15 is 0 Å². The zero-order chi connectivity index (χ0) is 26.8. The summed E-state index contributed by atoms with van der Waals surface area (Å²) in [4.78, 5) is 28.4. The molecule has 0 fully saturated rings. The summed E-state index contributed by atoms with van der Waals surface area (Å²) in [6.45, 7) is 2.52. The van der Waals surface area contributed by atoms with Crippen molar-refractivity contribution in [3.05, 3.63) is 126 Å². The van der Waals surface area contributed by atoms with E-state index in [9.17, 15) is 4.79 Å². The first-order chi connectivity index (χ1) is 19.1. The number of aromatic nitrogens is 2. The van der Waals surface area contributed by atoms with Gasteiger partial charge >= 0.3 is 0 Å². The van der Waals surface area contributed by atoms with E-state index < -0.39 is 0 Å². The summed E-state index contributed by atoms with van der Waals surface area (Å²) in [6, 6.07) is 33.5. The lowest BCUT2D eigenvalue weighted by Gasteiger charge is -2.23. The van der Waals surface area contributed by atoms with Crippen molar-refractivity contribution >= 4 is 23.2 Å². The Morgan fingerprint density at radius 1 is 0.872 bits per heavy atom. The predicted octanol–water partition coefficient (Wildman–Crippen LogP) is 6.98. The van der Waals surface area contributed by atoms with Gasteiger partial charge in [-0.25, -0.2) is 9.98 Å². The van der Waals surface area contributed by atoms with Crippen LogP contribution in [0.1, 0.15) is 27.4 Å². The van der Waals surface area contributed by atoms with Crippen LogP contribution < -0.4 is 4.90 Å². The molecular weight excluding hydrogens is 484 g/mol. The number of aromatic amines is 1. The number of rotatable bonds is 4. The van der Waals surface area contributed by atoms with Crippen LogP contribution in [0.2, 0.25) is 0 Å². The van der Waals surface area contributed by atoms with Gasteiger partial charge < -0.3 is 14.6 Å². The summed E-state index contributed by atoms with van der Waals surface area (Å²) >= 11 is 0. The van der Waals surface area contributed by atoms with Crippen molar-refractivity contribution in [2.75, 3.05) is 18.6 Å². The number of imidazole rings is 1. The van der Waals surface area contributed by atoms with Crippen LogP contribution >= 0.6 is 0 Å². The van der Waals surface area contributed by atoms with Crippen LogP contribution in [0.4, 0.5) is 11.4 Å². The summed E-state index contributed by atoms with van der Waals surface area (Å²) in [5.41, 5.74) is 8.15. The SMILES string of the molecule is COC(=Nc1ccc(C(=O)N2CCc3[nH]c(C)nc3-c3ccccc32)cc1)c1ccccc1-c1ccccc1. The number of hydrogen-bond acceptors (Lipinski definition) is 4. The van der Waals surface area contributed by atoms with Gasteiger partial charge in [0.05, 0.1) is 24.2 Å². The maximum atomic E-state index is 13.7. The molecule has 6 rings (SSSR count). The van der Waals surface area contributed by atoms with Crippen LogP contribution in [0.3, 0.4) is 0 Å². The number of fused-ring (bicyclic) bond motifs is 3. The van der Waals surface area contributed by atoms with Crippen LogP contribution in [0, 0.1) is 6.92 Å². The fraction of sp³-hybridized carbons (Fsp3) is 0.121. The lowest BCUT2D eigenvalue weighted by molar-refractivity contribution is 0.0987. The van der Waals surface area contributed by atoms with Gasteiger partial charge in [0.1, 0.15) is 5.82 Å². The molecule has 6 nitrogen and oxygen atoms in total. The molecule has 0 aliphatic carbocycles. The average Bonchev–Trinajstić information content (AvgIpc) is 3.29. The highest BCUT2D eigenvalue weighted by Gasteiger charge is 2.26. The molecule has 0 saturated heterocycles. The lowest BCUT2D eigenvalue weighted by Crippen LogP contribution is -2.32. The Labute approximate surface area is 227 Å². The minimum Gasteiger partial charge on any atom is -0.481 e. The minimum absolute atomic E-state index is 0.0544. The maximum absolute atomic E-state index is 13.7. The molecule has 1 aromatic heterocycles. The second-order valence-corrected chi connectivity index (χ2v) is 9.45. The number of H-pyrrole nitrogens is 1. The van der Waals surface area contributed by atoms with Gasteiger partial charge in [-0.3, -0.25) is 4.79 Å². The quantitative estimate of drug-likeness (QED) is 0.209. The molecule has 0 saturated carbocycles. The number of aryl methyl sites for hydroxylation is 1. The molecule has 5 aromatic rings. The molecule has 4 aromatic carbocycles. The topological polar surface area (TPSA) is 70.6 Å². The van der Waals surface area contributed by atoms with Crippen molar-refractivity contribution < 1.29 is 9.53 Å². The Hall–Kier alpha value is -4.97. The zero-order valence-electron chi connectivity index (χ0n) is 21.9. The highest BCUT2D eigenvalue weighted by atomic mass is 16.5. The molecule has 39 heavy (non-hydrogen) atoms. The van der Waals surface area contributed by atoms with Crippen molar-refractivity contribution in [3.8, 4) is 22.4 Å². The first kappa shape index (κ1) is 24.4. The molecule has 0 radical (unpaired) electrons. The van der Waals surface area contributed by atoms with E-state index in [1.54, 1.807) is 7.11 Å². The van der Waals surface area contributed by atoms with E-state index in [4.69, 9.17) is 14.7 Å². The number of ether oxygens (including phenoxy) is 1. The number of carbonyl (C=O) groups is 1. The Morgan fingerprint density at radius 2 is 1.56 bits per heavy atom. The number of amides is 1. The van der Waals surface area contributed by atoms with Crippen molar-refractivity contribution in [3.63, 3.8) is 0 Å². The van der Waals surface area contributed by atoms with Gasteiger partial charge in [-0.2, -0.15) is 0 Å². The highest BCUT2D eigenvalue weighted by Crippen LogP contribution is 2.36. The van der Waals surface area contributed by atoms with Crippen molar-refractivity contribution in [1.82, 2.24) is 9.97 Å². The summed E-state index contributed by atoms with van der Waals surface area (Å²) in [7, 11) is 1.63. The van der Waals surface area contributed by atoms with Crippen molar-refractivity contribution in [2.24, 2.45) is 4.99 Å². The summed E-state index contributed by atoms with van der Waals surface area (Å²) in [5.74, 6) is 1.34. The van der Waals surface area contributed by atoms with E-state index in [2.05, 4.69) is 23.2 Å². The van der Waals surface area contributed by atoms with Gasteiger partial charge in [0, 0.05) is 35.3 Å². The van der Waals surface area contributed by atoms with Crippen LogP contribution in [0.25, 0.3) is 22.4 Å². The molecule has 6 heteroatoms. The van der Waals surface area contributed by atoms with Gasteiger partial charge in [-0.15, -0.1) is 0 Å². The molecule has 1 aliphatic rings. The Kier molecular flexibility index (Phi) is 6.51. The number of aliphatic imine (C=N–C) groups is 1. The number of benzene rings is 4. The van der Waals surface area contributed by atoms with Crippen LogP contribution in [0.15, 0.2) is 108 Å². The Balaban J connectivity index is 1.29. The molecule has 0 spiro atoms. The van der Waals surface area contributed by atoms with Gasteiger partial charge in [0.2, 0.25) is 5.90 Å². The number of carbonyl (C=O) groups excluding carboxylic acids is 1. The maximum Gasteiger partial charge on any atom is 0.258 e. The van der Waals surface area contributed by atoms with Gasteiger partial charge in [-0.1, -0.05) is 66.7 Å². The van der Waals surface area contributed by atoms with Crippen LogP contribution in [-0.2, 0) is 11.2 Å². The Bertz CT molecular complexity index is 1670. The summed E-state index contributed by atoms with van der Waals surface area (Å²) in [5, 5.41) is 0. The molecule has 1 aliphatic heterocycles. The normalized spacial score (nSPS) is 12.9. The first-order valence-corrected chi connectivity index (χ1v) is 13.0. The van der Waals surface area contributed by atoms with E-state index in [0.29, 0.717) is 30.1 Å². The van der Waals surface area contributed by atoms with Crippen molar-refractivity contribution in [2.45, 2.75) is 13.3 Å². The van der Waals surface area contributed by atoms with Crippen molar-refractivity contribution in [1.29, 1.82) is 0 Å². The zero-order valence-corrected chi connectivity index (χ0v) is 21.9. The van der Waals surface area contributed by atoms with Gasteiger partial charge in [-0.05, 0) is 54.4 Å². The largest absolute Gasteiger partial charge is 0.481 e. The third kappa shape index (κ3) is 4.73. The second-order valence-electron chi connectivity index (χ2n) is 9.45. The number of anilines is 1. The van der Waals surface area contributed by atoms with E-state index in [-0.39, 0.29) is 5.91 Å². The third-order valence-corrected chi connectivity index (χ3v) is 6.96. The van der Waals surface area contributed by atoms with Crippen LogP contribution in [-0.4, -0.2) is 35.4 Å². The van der Waals surface area contributed by atoms with E-state index in [1.807, 2.05) is 96.8 Å². The van der Waals surface area contributed by atoms with Crippen LogP contribution in [0.5, 0.6) is 0 Å². The molecule has 0 unspecified atom stereocenters. The monoisotopic (exact) mass is 512 g/mol. The smallest absolute Gasteiger partial charge is 0.258 e. The standard InChI is InChI=1S/C33H28N4O2/c1-22-34-29-20-21-37(30-15-9-8-14-28(30)31(29)35-22)33(38)24-16-18-25(19-17-24)36-32(39-2)27-13-7-6-12-26(27)23-10-4-3-5-11-23/h3-19H,20-21H2,1-2H3,(H,34,35). The second kappa shape index (κ2) is 10.4. The number of methoxy groups -OCH3 is 1. The van der Waals surface area contributed by atoms with Gasteiger partial charge in [0.25, 0.3) is 5.91 Å². The average molecular weight is 513 g/mol. The molecule has 2 heterocycles. The molecule has 0 atom stereocenters. The van der Waals surface area contributed by atoms with Gasteiger partial charge in [0.15, 0.2) is 0 Å². The molecule has 1 amide bonds. The lowest BCUT2D eigenvalue weighted by atomic mass is 9.99. The highest BCUT2D eigenvalue weighted by molar-refractivity contribution is 6.08. The number of hydrogen-bond donors (Lipinski definition) is 1. The molecule has 192 valence electrons. The van der Waals surface area contributed by atoms with E-state index in [0.717, 1.165) is 45.2 Å². The fourth-order valence-electron chi connectivity index (χ4n) is 5.12. The van der Waals surface area contributed by atoms with E-state index in [1.165, 1.54) is 0 Å². The predicted molar refractivity (Wildman–Crippen MR) is 156 cm³/mol. The first-order valence-electron chi connectivity index (χ1n) is 13.0. The molecular formula is C33H28N4O2. The molecule has 1 N–H and O–H groups in total. The number of nitrogens with zero attached hydrogens (tertiary/aromatic N) is 3. The molecule has 0 bridgehead atoms. The third-order valence-electron chi connectivity index (χ3n) is 6.96. The number of nitrogens with one attached hydrogen (secondary N) is 1. The Morgan fingerprint density at radius 3 is 2.33 bits per heavy atom. The minimum atomic E-state index is -0.0544. The fourth-order valence-corrected chi connectivity index (χ4v) is 5.12. The number of para-hydroxylation sites is 1. The summed E-state index contributed by atoms with van der Waals surface area (Å²) in [6.07, 6.45) is 0.705.